The highest BCUT2D eigenvalue weighted by Crippen LogP contribution is 2.33. The fourth-order valence-electron chi connectivity index (χ4n) is 1.22. The third kappa shape index (κ3) is 4.32. The van der Waals surface area contributed by atoms with Gasteiger partial charge in [0.1, 0.15) is 5.88 Å². The number of hydrogen-bond acceptors (Lipinski definition) is 4. The molecule has 14 heavy (non-hydrogen) atoms. The van der Waals surface area contributed by atoms with Gasteiger partial charge in [-0.1, -0.05) is 0 Å². The Morgan fingerprint density at radius 3 is 2.93 bits per heavy atom. The number of rotatable bonds is 2. The van der Waals surface area contributed by atoms with Crippen LogP contribution in [0.5, 0.6) is 0 Å². The van der Waals surface area contributed by atoms with Crippen molar-refractivity contribution < 1.29 is 9.53 Å². The molecule has 0 aromatic heterocycles. The van der Waals surface area contributed by atoms with Crippen LogP contribution in [0.1, 0.15) is 19.8 Å². The topological polar surface area (TPSA) is 26.3 Å². The van der Waals surface area contributed by atoms with Crippen LogP contribution < -0.4 is 0 Å². The van der Waals surface area contributed by atoms with E-state index < -0.39 is 0 Å². The molecular formula is C9H15ClO2S2. The summed E-state index contributed by atoms with van der Waals surface area (Å²) in [6.07, 6.45) is 2.46. The smallest absolute Gasteiger partial charge is 0.322 e. The lowest BCUT2D eigenvalue weighted by Gasteiger charge is -2.29. The fourth-order valence-corrected chi connectivity index (χ4v) is 3.77. The molecule has 0 N–H and O–H groups in total. The summed E-state index contributed by atoms with van der Waals surface area (Å²) in [5, 5.41) is 0. The van der Waals surface area contributed by atoms with E-state index in [1.807, 2.05) is 18.7 Å². The van der Waals surface area contributed by atoms with Gasteiger partial charge in [0, 0.05) is 5.75 Å². The van der Waals surface area contributed by atoms with Crippen molar-refractivity contribution in [2.24, 2.45) is 0 Å². The average Bonchev–Trinajstić information content (AvgIpc) is 2.12. The van der Waals surface area contributed by atoms with Crippen molar-refractivity contribution in [2.45, 2.75) is 24.7 Å². The van der Waals surface area contributed by atoms with Crippen LogP contribution >= 0.6 is 35.1 Å². The second-order valence-corrected chi connectivity index (χ2v) is 6.28. The predicted octanol–water partition coefficient (Wildman–Crippen LogP) is 2.74. The number of esters is 1. The lowest BCUT2D eigenvalue weighted by atomic mass is 10.4. The minimum Gasteiger partial charge on any atom is -0.446 e. The molecule has 1 saturated heterocycles. The molecule has 2 nitrogen and oxygen atoms in total. The summed E-state index contributed by atoms with van der Waals surface area (Å²) in [7, 11) is 0. The Bertz CT molecular complexity index is 191. The van der Waals surface area contributed by atoms with Crippen LogP contribution in [0.3, 0.4) is 0 Å². The third-order valence-electron chi connectivity index (χ3n) is 1.89. The van der Waals surface area contributed by atoms with E-state index in [1.54, 1.807) is 11.8 Å². The molecule has 1 aliphatic heterocycles. The van der Waals surface area contributed by atoms with Crippen LogP contribution in [0.4, 0.5) is 0 Å². The van der Waals surface area contributed by atoms with Crippen molar-refractivity contribution in [3.05, 3.63) is 0 Å². The zero-order valence-corrected chi connectivity index (χ0v) is 10.6. The second kappa shape index (κ2) is 6.13. The van der Waals surface area contributed by atoms with E-state index >= 15 is 0 Å². The second-order valence-electron chi connectivity index (χ2n) is 3.35. The van der Waals surface area contributed by atoms with Gasteiger partial charge in [0.25, 0.3) is 0 Å². The van der Waals surface area contributed by atoms with Gasteiger partial charge in [-0.05, 0) is 31.3 Å². The number of carbonyl (C=O) groups is 1. The molecular weight excluding hydrogens is 240 g/mol. The van der Waals surface area contributed by atoms with Crippen molar-refractivity contribution in [1.82, 2.24) is 0 Å². The Morgan fingerprint density at radius 2 is 2.21 bits per heavy atom. The summed E-state index contributed by atoms with van der Waals surface area (Å²) in [5.41, 5.74) is 0. The summed E-state index contributed by atoms with van der Waals surface area (Å²) in [4.78, 5) is 10.7. The molecule has 1 aliphatic rings. The van der Waals surface area contributed by atoms with E-state index in [9.17, 15) is 4.79 Å². The molecule has 0 bridgehead atoms. The van der Waals surface area contributed by atoms with Crippen molar-refractivity contribution in [3.63, 3.8) is 0 Å². The van der Waals surface area contributed by atoms with Gasteiger partial charge in [-0.2, -0.15) is 11.8 Å². The van der Waals surface area contributed by atoms with Gasteiger partial charge < -0.3 is 4.74 Å². The highest BCUT2D eigenvalue weighted by atomic mass is 35.5. The molecule has 1 fully saturated rings. The van der Waals surface area contributed by atoms with Gasteiger partial charge in [0.2, 0.25) is 0 Å². The average molecular weight is 255 g/mol. The fraction of sp³-hybridized carbons (Fsp3) is 0.889. The largest absolute Gasteiger partial charge is 0.446 e. The van der Waals surface area contributed by atoms with Crippen LogP contribution in [-0.2, 0) is 9.53 Å². The molecule has 0 saturated carbocycles. The standard InChI is InChI=1S/C9H15ClO2S2/c1-9(12-8(11)6-10)7-13-4-2-3-5-14-9/h2-7H2,1H3. The number of halogens is 1. The van der Waals surface area contributed by atoms with Crippen molar-refractivity contribution >= 4 is 41.1 Å². The van der Waals surface area contributed by atoms with Crippen molar-refractivity contribution in [2.75, 3.05) is 23.1 Å². The zero-order valence-electron chi connectivity index (χ0n) is 8.25. The van der Waals surface area contributed by atoms with Crippen LogP contribution in [0.25, 0.3) is 0 Å². The summed E-state index contributed by atoms with van der Waals surface area (Å²) < 4.78 is 5.33. The first kappa shape index (κ1) is 12.5. The first-order valence-electron chi connectivity index (χ1n) is 4.66. The van der Waals surface area contributed by atoms with Gasteiger partial charge in [0.15, 0.2) is 4.93 Å². The Kier molecular flexibility index (Phi) is 5.49. The summed E-state index contributed by atoms with van der Waals surface area (Å²) in [5.74, 6) is 2.71. The predicted molar refractivity (Wildman–Crippen MR) is 64.2 cm³/mol. The molecule has 0 amide bonds. The van der Waals surface area contributed by atoms with E-state index in [-0.39, 0.29) is 16.8 Å². The van der Waals surface area contributed by atoms with E-state index in [0.717, 1.165) is 17.3 Å². The van der Waals surface area contributed by atoms with Gasteiger partial charge in [0.05, 0.1) is 0 Å². The van der Waals surface area contributed by atoms with Gasteiger partial charge in [-0.25, -0.2) is 0 Å². The first-order chi connectivity index (χ1) is 6.66. The highest BCUT2D eigenvalue weighted by Gasteiger charge is 2.29. The van der Waals surface area contributed by atoms with E-state index in [2.05, 4.69) is 0 Å². The van der Waals surface area contributed by atoms with Crippen LogP contribution in [0.2, 0.25) is 0 Å². The molecule has 5 heteroatoms. The van der Waals surface area contributed by atoms with E-state index in [4.69, 9.17) is 16.3 Å². The van der Waals surface area contributed by atoms with Crippen LogP contribution in [0, 0.1) is 0 Å². The van der Waals surface area contributed by atoms with Crippen molar-refractivity contribution in [1.29, 1.82) is 0 Å². The zero-order chi connectivity index (χ0) is 10.4. The van der Waals surface area contributed by atoms with Crippen LogP contribution in [0.15, 0.2) is 0 Å². The third-order valence-corrected chi connectivity index (χ3v) is 4.96. The molecule has 0 radical (unpaired) electrons. The number of ether oxygens (including phenoxy) is 1. The van der Waals surface area contributed by atoms with Crippen LogP contribution in [-0.4, -0.2) is 34.0 Å². The molecule has 1 unspecified atom stereocenters. The van der Waals surface area contributed by atoms with Gasteiger partial charge >= 0.3 is 5.97 Å². The number of carbonyl (C=O) groups excluding carboxylic acids is 1. The van der Waals surface area contributed by atoms with E-state index in [0.29, 0.717) is 0 Å². The maximum atomic E-state index is 11.1. The molecule has 0 spiro atoms. The number of hydrogen-bond donors (Lipinski definition) is 0. The summed E-state index contributed by atoms with van der Waals surface area (Å²) in [6, 6.07) is 0. The minimum atomic E-state index is -0.378. The number of alkyl halides is 1. The highest BCUT2D eigenvalue weighted by molar-refractivity contribution is 8.03. The molecule has 1 atom stereocenters. The molecule has 1 rings (SSSR count). The maximum Gasteiger partial charge on any atom is 0.322 e. The lowest BCUT2D eigenvalue weighted by Crippen LogP contribution is -2.32. The Hall–Kier alpha value is 0.460. The monoisotopic (exact) mass is 254 g/mol. The molecule has 82 valence electrons. The quantitative estimate of drug-likeness (QED) is 0.559. The molecule has 0 aromatic carbocycles. The molecule has 1 heterocycles. The first-order valence-corrected chi connectivity index (χ1v) is 7.33. The van der Waals surface area contributed by atoms with E-state index in [1.165, 1.54) is 12.8 Å². The molecule has 0 aliphatic carbocycles. The minimum absolute atomic E-state index is 0.0547. The normalized spacial score (nSPS) is 29.0. The Labute approximate surface area is 98.5 Å². The summed E-state index contributed by atoms with van der Waals surface area (Å²) in [6.45, 7) is 1.97. The molecule has 0 aromatic rings. The number of thioether (sulfide) groups is 2. The van der Waals surface area contributed by atoms with Gasteiger partial charge in [-0.15, -0.1) is 23.4 Å². The van der Waals surface area contributed by atoms with Gasteiger partial charge in [-0.3, -0.25) is 4.79 Å². The van der Waals surface area contributed by atoms with Crippen molar-refractivity contribution in [3.8, 4) is 0 Å². The maximum absolute atomic E-state index is 11.1. The Morgan fingerprint density at radius 1 is 1.50 bits per heavy atom. The lowest BCUT2D eigenvalue weighted by molar-refractivity contribution is -0.146. The SMILES string of the molecule is CC1(OC(=O)CCl)CSCCCCS1. The summed E-state index contributed by atoms with van der Waals surface area (Å²) >= 11 is 8.98. The Balaban J connectivity index is 2.46.